The lowest BCUT2D eigenvalue weighted by atomic mass is 9.85. The minimum absolute atomic E-state index is 0.114. The third-order valence-corrected chi connectivity index (χ3v) is 5.99. The van der Waals surface area contributed by atoms with Gasteiger partial charge in [-0.15, -0.1) is 0 Å². The van der Waals surface area contributed by atoms with E-state index in [1.54, 1.807) is 0 Å². The third-order valence-electron chi connectivity index (χ3n) is 5.99. The van der Waals surface area contributed by atoms with Crippen LogP contribution >= 0.6 is 0 Å². The Kier molecular flexibility index (Phi) is 6.33. The molecule has 0 aromatic heterocycles. The number of piperidine rings is 1. The second-order valence-corrected chi connectivity index (χ2v) is 7.73. The van der Waals surface area contributed by atoms with Gasteiger partial charge in [-0.25, -0.2) is 0 Å². The largest absolute Gasteiger partial charge is 0.356 e. The summed E-state index contributed by atoms with van der Waals surface area (Å²) in [6, 6.07) is 0. The first-order chi connectivity index (χ1) is 11.7. The molecule has 3 rings (SSSR count). The Balaban J connectivity index is 1.37. The number of carbonyl (C=O) groups is 2. The summed E-state index contributed by atoms with van der Waals surface area (Å²) < 4.78 is 0. The van der Waals surface area contributed by atoms with E-state index in [1.807, 2.05) is 4.90 Å². The van der Waals surface area contributed by atoms with Gasteiger partial charge in [-0.05, 0) is 50.4 Å². The van der Waals surface area contributed by atoms with E-state index in [2.05, 4.69) is 11.4 Å². The number of allylic oxidation sites excluding steroid dienone is 2. The van der Waals surface area contributed by atoms with Gasteiger partial charge < -0.3 is 10.2 Å². The van der Waals surface area contributed by atoms with E-state index in [1.165, 1.54) is 50.6 Å². The van der Waals surface area contributed by atoms with Crippen LogP contribution in [-0.2, 0) is 9.59 Å². The normalized spacial score (nSPS) is 24.4. The van der Waals surface area contributed by atoms with Gasteiger partial charge in [0, 0.05) is 31.6 Å². The molecule has 2 fully saturated rings. The summed E-state index contributed by atoms with van der Waals surface area (Å²) in [5.41, 5.74) is 1.27. The number of carbonyl (C=O) groups excluding carboxylic acids is 2. The Morgan fingerprint density at radius 1 is 1.04 bits per heavy atom. The maximum absolute atomic E-state index is 12.5. The lowest BCUT2D eigenvalue weighted by Crippen LogP contribution is -2.40. The zero-order valence-corrected chi connectivity index (χ0v) is 14.9. The van der Waals surface area contributed by atoms with Gasteiger partial charge in [0.05, 0.1) is 0 Å². The maximum atomic E-state index is 12.5. The van der Waals surface area contributed by atoms with Crippen molar-refractivity contribution in [3.05, 3.63) is 11.8 Å². The minimum atomic E-state index is 0.114. The predicted molar refractivity (Wildman–Crippen MR) is 95.2 cm³/mol. The minimum Gasteiger partial charge on any atom is -0.356 e. The summed E-state index contributed by atoms with van der Waals surface area (Å²) >= 11 is 0. The van der Waals surface area contributed by atoms with Gasteiger partial charge in [-0.1, -0.05) is 31.8 Å². The smallest absolute Gasteiger partial charge is 0.228 e. The quantitative estimate of drug-likeness (QED) is 0.805. The van der Waals surface area contributed by atoms with E-state index >= 15 is 0 Å². The maximum Gasteiger partial charge on any atom is 0.228 e. The van der Waals surface area contributed by atoms with Crippen LogP contribution in [-0.4, -0.2) is 29.8 Å². The summed E-state index contributed by atoms with van der Waals surface area (Å²) in [5.74, 6) is 1.64. The zero-order chi connectivity index (χ0) is 16.8. The van der Waals surface area contributed by atoms with Crippen LogP contribution in [0.1, 0.15) is 77.0 Å². The first kappa shape index (κ1) is 17.5. The molecule has 1 unspecified atom stereocenters. The van der Waals surface area contributed by atoms with Crippen LogP contribution in [0.4, 0.5) is 0 Å². The van der Waals surface area contributed by atoms with Crippen LogP contribution in [0, 0.1) is 11.8 Å². The van der Waals surface area contributed by atoms with Crippen molar-refractivity contribution in [2.24, 2.45) is 11.8 Å². The molecule has 0 bridgehead atoms. The van der Waals surface area contributed by atoms with E-state index in [-0.39, 0.29) is 11.8 Å². The highest BCUT2D eigenvalue weighted by Gasteiger charge is 2.29. The number of rotatable bonds is 6. The number of hydrogen-bond donors (Lipinski definition) is 1. The summed E-state index contributed by atoms with van der Waals surface area (Å²) in [6.45, 7) is 1.34. The van der Waals surface area contributed by atoms with E-state index < -0.39 is 0 Å². The molecule has 0 radical (unpaired) electrons. The lowest BCUT2D eigenvalue weighted by molar-refractivity contribution is -0.130. The van der Waals surface area contributed by atoms with Gasteiger partial charge in [0.25, 0.3) is 0 Å². The summed E-state index contributed by atoms with van der Waals surface area (Å²) in [4.78, 5) is 26.5. The second-order valence-electron chi connectivity index (χ2n) is 7.73. The van der Waals surface area contributed by atoms with Crippen molar-refractivity contribution in [2.75, 3.05) is 13.1 Å². The highest BCUT2D eigenvalue weighted by atomic mass is 16.2. The third kappa shape index (κ3) is 4.61. The molecule has 1 N–H and O–H groups in total. The first-order valence-electron chi connectivity index (χ1n) is 10.0. The molecule has 0 aromatic carbocycles. The zero-order valence-electron chi connectivity index (χ0n) is 14.9. The van der Waals surface area contributed by atoms with Crippen molar-refractivity contribution < 1.29 is 9.59 Å². The molecule has 1 aliphatic heterocycles. The standard InChI is InChI=1S/C20H32N2O2/c23-19(12-11-16-6-1-2-7-16)21-14-13-20(24)22-15-5-9-17-8-3-4-10-18(17)22/h10,16-17H,1-9,11-15H2,(H,21,23). The van der Waals surface area contributed by atoms with Crippen molar-refractivity contribution in [3.63, 3.8) is 0 Å². The van der Waals surface area contributed by atoms with Gasteiger partial charge in [0.2, 0.25) is 11.8 Å². The highest BCUT2D eigenvalue weighted by Crippen LogP contribution is 2.35. The molecule has 1 saturated carbocycles. The molecule has 2 aliphatic carbocycles. The molecule has 1 atom stereocenters. The number of nitrogens with one attached hydrogen (secondary N) is 1. The average molecular weight is 332 g/mol. The molecular weight excluding hydrogens is 300 g/mol. The van der Waals surface area contributed by atoms with Crippen LogP contribution in [0.3, 0.4) is 0 Å². The first-order valence-corrected chi connectivity index (χ1v) is 10.0. The van der Waals surface area contributed by atoms with Gasteiger partial charge in [-0.2, -0.15) is 0 Å². The number of hydrogen-bond acceptors (Lipinski definition) is 2. The van der Waals surface area contributed by atoms with Gasteiger partial charge in [0.15, 0.2) is 0 Å². The average Bonchev–Trinajstić information content (AvgIpc) is 3.13. The molecule has 3 aliphatic rings. The van der Waals surface area contributed by atoms with Crippen molar-refractivity contribution in [1.82, 2.24) is 10.2 Å². The molecule has 0 spiro atoms. The van der Waals surface area contributed by atoms with E-state index in [0.717, 1.165) is 31.7 Å². The van der Waals surface area contributed by atoms with Crippen LogP contribution in [0.2, 0.25) is 0 Å². The molecule has 1 heterocycles. The monoisotopic (exact) mass is 332 g/mol. The molecule has 0 aromatic rings. The van der Waals surface area contributed by atoms with E-state index in [4.69, 9.17) is 0 Å². The van der Waals surface area contributed by atoms with Gasteiger partial charge in [-0.3, -0.25) is 9.59 Å². The topological polar surface area (TPSA) is 49.4 Å². The van der Waals surface area contributed by atoms with Crippen molar-refractivity contribution >= 4 is 11.8 Å². The summed E-state index contributed by atoms with van der Waals surface area (Å²) in [7, 11) is 0. The fraction of sp³-hybridized carbons (Fsp3) is 0.800. The Labute approximate surface area is 146 Å². The number of fused-ring (bicyclic) bond motifs is 1. The van der Waals surface area contributed by atoms with E-state index in [9.17, 15) is 9.59 Å². The second kappa shape index (κ2) is 8.68. The predicted octanol–water partition coefficient (Wildman–Crippen LogP) is 3.77. The van der Waals surface area contributed by atoms with Gasteiger partial charge >= 0.3 is 0 Å². The lowest BCUT2D eigenvalue weighted by Gasteiger charge is -2.38. The van der Waals surface area contributed by atoms with Crippen LogP contribution in [0.5, 0.6) is 0 Å². The molecule has 4 heteroatoms. The van der Waals surface area contributed by atoms with Crippen LogP contribution in [0.25, 0.3) is 0 Å². The fourth-order valence-electron chi connectivity index (χ4n) is 4.61. The molecule has 4 nitrogen and oxygen atoms in total. The van der Waals surface area contributed by atoms with Crippen molar-refractivity contribution in [3.8, 4) is 0 Å². The molecule has 1 saturated heterocycles. The summed E-state index contributed by atoms with van der Waals surface area (Å²) in [6.07, 6.45) is 15.5. The molecular formula is C20H32N2O2. The van der Waals surface area contributed by atoms with Crippen LogP contribution in [0.15, 0.2) is 11.8 Å². The molecule has 24 heavy (non-hydrogen) atoms. The van der Waals surface area contributed by atoms with Crippen molar-refractivity contribution in [1.29, 1.82) is 0 Å². The Morgan fingerprint density at radius 2 is 1.83 bits per heavy atom. The Bertz CT molecular complexity index is 480. The molecule has 134 valence electrons. The molecule has 2 amide bonds. The van der Waals surface area contributed by atoms with Crippen molar-refractivity contribution in [2.45, 2.75) is 77.0 Å². The summed E-state index contributed by atoms with van der Waals surface area (Å²) in [5, 5.41) is 2.94. The Hall–Kier alpha value is -1.32. The number of likely N-dealkylation sites (tertiary alicyclic amines) is 1. The van der Waals surface area contributed by atoms with Crippen LogP contribution < -0.4 is 5.32 Å². The SMILES string of the molecule is O=C(CCC1CCCC1)NCCC(=O)N1CCCC2CCCC=C21. The highest BCUT2D eigenvalue weighted by molar-refractivity contribution is 5.80. The number of nitrogens with zero attached hydrogens (tertiary/aromatic N) is 1. The fourth-order valence-corrected chi connectivity index (χ4v) is 4.61. The Morgan fingerprint density at radius 3 is 2.67 bits per heavy atom. The van der Waals surface area contributed by atoms with E-state index in [0.29, 0.717) is 25.3 Å². The number of amides is 2. The van der Waals surface area contributed by atoms with Gasteiger partial charge in [0.1, 0.15) is 0 Å².